The van der Waals surface area contributed by atoms with E-state index < -0.39 is 6.10 Å². The molecule has 6 nitrogen and oxygen atoms in total. The Labute approximate surface area is 182 Å². The van der Waals surface area contributed by atoms with Gasteiger partial charge in [-0.25, -0.2) is 0 Å². The van der Waals surface area contributed by atoms with Gasteiger partial charge in [-0.1, -0.05) is 54.6 Å². The second-order valence-electron chi connectivity index (χ2n) is 7.05. The van der Waals surface area contributed by atoms with E-state index >= 15 is 0 Å². The zero-order valence-corrected chi connectivity index (χ0v) is 17.8. The Morgan fingerprint density at radius 1 is 0.806 bits per heavy atom. The number of rotatable bonds is 8. The van der Waals surface area contributed by atoms with Gasteiger partial charge in [-0.05, 0) is 43.7 Å². The summed E-state index contributed by atoms with van der Waals surface area (Å²) in [7, 11) is 1.54. The SMILES string of the molecule is COc1ccccc1O[C@@H](C)C(=O)Nc1ccccc1C(=O)N[C@@H](C)c1ccccc1. The number of carbonyl (C=O) groups is 2. The molecule has 3 aromatic rings. The summed E-state index contributed by atoms with van der Waals surface area (Å²) in [6.45, 7) is 3.56. The van der Waals surface area contributed by atoms with Crippen LogP contribution in [0.2, 0.25) is 0 Å². The van der Waals surface area contributed by atoms with Crippen LogP contribution >= 0.6 is 0 Å². The van der Waals surface area contributed by atoms with Gasteiger partial charge in [0, 0.05) is 0 Å². The molecule has 0 bridgehead atoms. The van der Waals surface area contributed by atoms with Crippen molar-refractivity contribution in [2.24, 2.45) is 0 Å². The van der Waals surface area contributed by atoms with Crippen LogP contribution in [0.1, 0.15) is 35.8 Å². The molecule has 2 amide bonds. The zero-order valence-electron chi connectivity index (χ0n) is 17.8. The molecule has 6 heteroatoms. The van der Waals surface area contributed by atoms with Gasteiger partial charge in [0.2, 0.25) is 0 Å². The molecule has 31 heavy (non-hydrogen) atoms. The molecule has 0 aliphatic carbocycles. The Kier molecular flexibility index (Phi) is 7.27. The fourth-order valence-electron chi connectivity index (χ4n) is 3.08. The number of amides is 2. The second-order valence-corrected chi connectivity index (χ2v) is 7.05. The number of methoxy groups -OCH3 is 1. The van der Waals surface area contributed by atoms with Crippen molar-refractivity contribution in [2.75, 3.05) is 12.4 Å². The van der Waals surface area contributed by atoms with Crippen LogP contribution in [0, 0.1) is 0 Å². The number of nitrogens with one attached hydrogen (secondary N) is 2. The number of ether oxygens (including phenoxy) is 2. The molecule has 0 radical (unpaired) electrons. The molecule has 3 aromatic carbocycles. The fourth-order valence-corrected chi connectivity index (χ4v) is 3.08. The highest BCUT2D eigenvalue weighted by molar-refractivity contribution is 6.04. The molecule has 0 fully saturated rings. The van der Waals surface area contributed by atoms with Crippen LogP contribution in [0.5, 0.6) is 11.5 Å². The molecular weight excluding hydrogens is 392 g/mol. The van der Waals surface area contributed by atoms with E-state index in [9.17, 15) is 9.59 Å². The van der Waals surface area contributed by atoms with Crippen molar-refractivity contribution in [3.05, 3.63) is 90.0 Å². The van der Waals surface area contributed by atoms with Crippen LogP contribution < -0.4 is 20.1 Å². The minimum Gasteiger partial charge on any atom is -0.493 e. The van der Waals surface area contributed by atoms with Crippen molar-refractivity contribution in [1.82, 2.24) is 5.32 Å². The van der Waals surface area contributed by atoms with Gasteiger partial charge in [0.25, 0.3) is 11.8 Å². The number of para-hydroxylation sites is 3. The topological polar surface area (TPSA) is 76.7 Å². The van der Waals surface area contributed by atoms with Gasteiger partial charge in [-0.15, -0.1) is 0 Å². The molecule has 0 unspecified atom stereocenters. The maximum absolute atomic E-state index is 12.9. The summed E-state index contributed by atoms with van der Waals surface area (Å²) >= 11 is 0. The van der Waals surface area contributed by atoms with Gasteiger partial charge in [-0.3, -0.25) is 9.59 Å². The molecule has 2 N–H and O–H groups in total. The number of benzene rings is 3. The molecule has 0 aliphatic rings. The van der Waals surface area contributed by atoms with Crippen molar-refractivity contribution in [1.29, 1.82) is 0 Å². The summed E-state index contributed by atoms with van der Waals surface area (Å²) in [6.07, 6.45) is -0.796. The van der Waals surface area contributed by atoms with Crippen molar-refractivity contribution >= 4 is 17.5 Å². The van der Waals surface area contributed by atoms with Gasteiger partial charge < -0.3 is 20.1 Å². The third kappa shape index (κ3) is 5.63. The number of hydrogen-bond acceptors (Lipinski definition) is 4. The number of carbonyl (C=O) groups excluding carboxylic acids is 2. The normalized spacial score (nSPS) is 12.4. The van der Waals surface area contributed by atoms with Crippen LogP contribution in [0.3, 0.4) is 0 Å². The van der Waals surface area contributed by atoms with E-state index in [1.54, 1.807) is 49.4 Å². The number of hydrogen-bond donors (Lipinski definition) is 2. The van der Waals surface area contributed by atoms with Gasteiger partial charge in [-0.2, -0.15) is 0 Å². The average molecular weight is 418 g/mol. The van der Waals surface area contributed by atoms with Gasteiger partial charge in [0.1, 0.15) is 0 Å². The van der Waals surface area contributed by atoms with E-state index in [1.165, 1.54) is 7.11 Å². The average Bonchev–Trinajstić information content (AvgIpc) is 2.80. The first-order valence-corrected chi connectivity index (χ1v) is 10.0. The number of anilines is 1. The van der Waals surface area contributed by atoms with Crippen LogP contribution in [0.15, 0.2) is 78.9 Å². The molecule has 3 rings (SSSR count). The summed E-state index contributed by atoms with van der Waals surface area (Å²) in [5, 5.41) is 5.77. The summed E-state index contributed by atoms with van der Waals surface area (Å²) in [5.74, 6) is 0.361. The third-order valence-electron chi connectivity index (χ3n) is 4.82. The molecule has 0 spiro atoms. The van der Waals surface area contributed by atoms with Crippen LogP contribution in [-0.4, -0.2) is 25.0 Å². The van der Waals surface area contributed by atoms with E-state index in [0.717, 1.165) is 5.56 Å². The Morgan fingerprint density at radius 3 is 2.13 bits per heavy atom. The monoisotopic (exact) mass is 418 g/mol. The maximum atomic E-state index is 12.9. The molecule has 0 saturated carbocycles. The zero-order chi connectivity index (χ0) is 22.2. The lowest BCUT2D eigenvalue weighted by atomic mass is 10.1. The molecule has 2 atom stereocenters. The smallest absolute Gasteiger partial charge is 0.265 e. The van der Waals surface area contributed by atoms with Gasteiger partial charge in [0.15, 0.2) is 17.6 Å². The first-order valence-electron chi connectivity index (χ1n) is 10.0. The van der Waals surface area contributed by atoms with E-state index in [4.69, 9.17) is 9.47 Å². The first-order chi connectivity index (χ1) is 15.0. The fraction of sp³-hybridized carbons (Fsp3) is 0.200. The summed E-state index contributed by atoms with van der Waals surface area (Å²) in [6, 6.07) is 23.5. The third-order valence-corrected chi connectivity index (χ3v) is 4.82. The van der Waals surface area contributed by atoms with Crippen LogP contribution in [0.25, 0.3) is 0 Å². The molecular formula is C25H26N2O4. The quantitative estimate of drug-likeness (QED) is 0.561. The van der Waals surface area contributed by atoms with Crippen LogP contribution in [-0.2, 0) is 4.79 Å². The Balaban J connectivity index is 1.69. The summed E-state index contributed by atoms with van der Waals surface area (Å²) in [4.78, 5) is 25.6. The predicted molar refractivity (Wildman–Crippen MR) is 120 cm³/mol. The first kappa shape index (κ1) is 21.9. The van der Waals surface area contributed by atoms with Gasteiger partial charge in [0.05, 0.1) is 24.4 Å². The highest BCUT2D eigenvalue weighted by Gasteiger charge is 2.20. The van der Waals surface area contributed by atoms with Gasteiger partial charge >= 0.3 is 0 Å². The Bertz CT molecular complexity index is 1040. The predicted octanol–water partition coefficient (Wildman–Crippen LogP) is 4.59. The Hall–Kier alpha value is -3.80. The molecule has 160 valence electrons. The summed E-state index contributed by atoms with van der Waals surface area (Å²) < 4.78 is 11.0. The van der Waals surface area contributed by atoms with Crippen molar-refractivity contribution < 1.29 is 19.1 Å². The lowest BCUT2D eigenvalue weighted by molar-refractivity contribution is -0.122. The molecule has 0 aliphatic heterocycles. The van der Waals surface area contributed by atoms with Crippen molar-refractivity contribution in [3.8, 4) is 11.5 Å². The van der Waals surface area contributed by atoms with E-state index in [-0.39, 0.29) is 17.9 Å². The minimum atomic E-state index is -0.796. The van der Waals surface area contributed by atoms with E-state index in [2.05, 4.69) is 10.6 Å². The highest BCUT2D eigenvalue weighted by atomic mass is 16.5. The Morgan fingerprint density at radius 2 is 1.42 bits per heavy atom. The van der Waals surface area contributed by atoms with E-state index in [0.29, 0.717) is 22.7 Å². The molecule has 0 aromatic heterocycles. The lowest BCUT2D eigenvalue weighted by Crippen LogP contribution is -2.32. The van der Waals surface area contributed by atoms with Crippen LogP contribution in [0.4, 0.5) is 5.69 Å². The highest BCUT2D eigenvalue weighted by Crippen LogP contribution is 2.27. The maximum Gasteiger partial charge on any atom is 0.265 e. The summed E-state index contributed by atoms with van der Waals surface area (Å²) in [5.41, 5.74) is 1.79. The second kappa shape index (κ2) is 10.3. The largest absolute Gasteiger partial charge is 0.493 e. The molecule has 0 heterocycles. The minimum absolute atomic E-state index is 0.176. The van der Waals surface area contributed by atoms with Crippen molar-refractivity contribution in [3.63, 3.8) is 0 Å². The van der Waals surface area contributed by atoms with E-state index in [1.807, 2.05) is 43.3 Å². The lowest BCUT2D eigenvalue weighted by Gasteiger charge is -2.19. The standard InChI is InChI=1S/C25H26N2O4/c1-17(19-11-5-4-6-12-19)26-25(29)20-13-7-8-14-21(20)27-24(28)18(2)31-23-16-10-9-15-22(23)30-3/h4-18H,1-3H3,(H,26,29)(H,27,28)/t17-,18-/m0/s1. The molecule has 0 saturated heterocycles. The van der Waals surface area contributed by atoms with Crippen molar-refractivity contribution in [2.45, 2.75) is 26.0 Å².